The number of hydrogen-bond acceptors (Lipinski definition) is 8. The SMILES string of the molecule is CCOc1ncccc1-c1noc([C@@H]2CCCN2Cc2cc(C)ccc2-c2ncco2)n1. The van der Waals surface area contributed by atoms with Crippen molar-refractivity contribution >= 4 is 0 Å². The molecule has 4 aromatic rings. The van der Waals surface area contributed by atoms with Gasteiger partial charge in [0.15, 0.2) is 0 Å². The largest absolute Gasteiger partial charge is 0.477 e. The lowest BCUT2D eigenvalue weighted by molar-refractivity contribution is 0.201. The Hall–Kier alpha value is -3.52. The van der Waals surface area contributed by atoms with Gasteiger partial charge in [0.05, 0.1) is 24.4 Å². The first-order valence-corrected chi connectivity index (χ1v) is 10.9. The highest BCUT2D eigenvalue weighted by Gasteiger charge is 2.32. The second-order valence-electron chi connectivity index (χ2n) is 7.87. The zero-order valence-electron chi connectivity index (χ0n) is 18.2. The maximum Gasteiger partial charge on any atom is 0.244 e. The fraction of sp³-hybridized carbons (Fsp3) is 0.333. The summed E-state index contributed by atoms with van der Waals surface area (Å²) in [6, 6.07) is 10.1. The van der Waals surface area contributed by atoms with Crippen molar-refractivity contribution in [3.63, 3.8) is 0 Å². The highest BCUT2D eigenvalue weighted by molar-refractivity contribution is 5.61. The first kappa shape index (κ1) is 20.4. The predicted molar refractivity (Wildman–Crippen MR) is 118 cm³/mol. The highest BCUT2D eigenvalue weighted by atomic mass is 16.5. The maximum atomic E-state index is 5.71. The molecule has 1 saturated heterocycles. The number of benzene rings is 1. The fourth-order valence-electron chi connectivity index (χ4n) is 4.22. The van der Waals surface area contributed by atoms with Gasteiger partial charge in [0, 0.05) is 18.3 Å². The monoisotopic (exact) mass is 431 g/mol. The van der Waals surface area contributed by atoms with Crippen LogP contribution in [-0.4, -0.2) is 38.2 Å². The Morgan fingerprint density at radius 2 is 2.09 bits per heavy atom. The number of aromatic nitrogens is 4. The van der Waals surface area contributed by atoms with Gasteiger partial charge in [0.2, 0.25) is 23.5 Å². The number of ether oxygens (including phenoxy) is 1. The highest BCUT2D eigenvalue weighted by Crippen LogP contribution is 2.36. The summed E-state index contributed by atoms with van der Waals surface area (Å²) in [7, 11) is 0. The van der Waals surface area contributed by atoms with Gasteiger partial charge >= 0.3 is 0 Å². The van der Waals surface area contributed by atoms with Crippen LogP contribution in [0.4, 0.5) is 0 Å². The zero-order chi connectivity index (χ0) is 21.9. The number of oxazole rings is 1. The van der Waals surface area contributed by atoms with Crippen LogP contribution in [0, 0.1) is 6.92 Å². The minimum absolute atomic E-state index is 0.0568. The standard InChI is InChI=1S/C24H25N5O3/c1-3-30-23-19(6-4-10-25-23)21-27-24(32-28-21)20-7-5-12-29(20)15-17-14-16(2)8-9-18(17)22-26-11-13-31-22/h4,6,8-11,13-14,20H,3,5,7,12,15H2,1-2H3/t20-/m0/s1. The number of nitrogens with zero attached hydrogens (tertiary/aromatic N) is 5. The first-order chi connectivity index (χ1) is 15.7. The van der Waals surface area contributed by atoms with Crippen molar-refractivity contribution in [2.45, 2.75) is 39.3 Å². The van der Waals surface area contributed by atoms with E-state index in [2.05, 4.69) is 45.1 Å². The minimum atomic E-state index is 0.0568. The lowest BCUT2D eigenvalue weighted by Gasteiger charge is -2.22. The summed E-state index contributed by atoms with van der Waals surface area (Å²) in [6.45, 7) is 6.25. The van der Waals surface area contributed by atoms with Gasteiger partial charge in [-0.15, -0.1) is 0 Å². The third-order valence-electron chi connectivity index (χ3n) is 5.68. The third kappa shape index (κ3) is 4.01. The van der Waals surface area contributed by atoms with E-state index in [0.717, 1.165) is 37.1 Å². The molecule has 0 aliphatic carbocycles. The van der Waals surface area contributed by atoms with E-state index in [1.807, 2.05) is 19.1 Å². The molecule has 0 radical (unpaired) electrons. The molecule has 164 valence electrons. The summed E-state index contributed by atoms with van der Waals surface area (Å²) in [4.78, 5) is 15.7. The fourth-order valence-corrected chi connectivity index (χ4v) is 4.22. The zero-order valence-corrected chi connectivity index (χ0v) is 18.2. The number of rotatable bonds is 7. The topological polar surface area (TPSA) is 90.3 Å². The Balaban J connectivity index is 1.41. The maximum absolute atomic E-state index is 5.71. The molecule has 0 unspecified atom stereocenters. The van der Waals surface area contributed by atoms with E-state index in [-0.39, 0.29) is 6.04 Å². The third-order valence-corrected chi connectivity index (χ3v) is 5.68. The molecule has 3 aromatic heterocycles. The van der Waals surface area contributed by atoms with Crippen molar-refractivity contribution in [2.24, 2.45) is 0 Å². The second-order valence-corrected chi connectivity index (χ2v) is 7.87. The lowest BCUT2D eigenvalue weighted by Crippen LogP contribution is -2.23. The van der Waals surface area contributed by atoms with Crippen LogP contribution in [0.2, 0.25) is 0 Å². The first-order valence-electron chi connectivity index (χ1n) is 10.9. The molecule has 0 spiro atoms. The quantitative estimate of drug-likeness (QED) is 0.411. The van der Waals surface area contributed by atoms with Crippen molar-refractivity contribution in [1.82, 2.24) is 25.0 Å². The molecule has 5 rings (SSSR count). The van der Waals surface area contributed by atoms with Crippen molar-refractivity contribution in [1.29, 1.82) is 0 Å². The van der Waals surface area contributed by atoms with Gasteiger partial charge < -0.3 is 13.7 Å². The van der Waals surface area contributed by atoms with Crippen LogP contribution in [0.1, 0.15) is 42.8 Å². The van der Waals surface area contributed by atoms with Gasteiger partial charge in [0.25, 0.3) is 0 Å². The molecule has 1 aromatic carbocycles. The molecule has 0 amide bonds. The van der Waals surface area contributed by atoms with Crippen LogP contribution in [-0.2, 0) is 6.54 Å². The van der Waals surface area contributed by atoms with Crippen molar-refractivity contribution < 1.29 is 13.7 Å². The van der Waals surface area contributed by atoms with E-state index >= 15 is 0 Å². The molecule has 0 N–H and O–H groups in total. The average Bonchev–Trinajstić information content (AvgIpc) is 3.56. The normalized spacial score (nSPS) is 16.5. The summed E-state index contributed by atoms with van der Waals surface area (Å²) in [5.74, 6) is 2.27. The molecule has 1 aliphatic heterocycles. The van der Waals surface area contributed by atoms with Gasteiger partial charge in [-0.3, -0.25) is 4.90 Å². The predicted octanol–water partition coefficient (Wildman–Crippen LogP) is 4.83. The Labute approximate surface area is 186 Å². The molecule has 1 fully saturated rings. The van der Waals surface area contributed by atoms with E-state index in [9.17, 15) is 0 Å². The summed E-state index contributed by atoms with van der Waals surface area (Å²) >= 11 is 0. The van der Waals surface area contributed by atoms with Crippen molar-refractivity contribution in [3.8, 4) is 28.7 Å². The minimum Gasteiger partial charge on any atom is -0.477 e. The van der Waals surface area contributed by atoms with Gasteiger partial charge in [0.1, 0.15) is 6.26 Å². The van der Waals surface area contributed by atoms with Gasteiger partial charge in [-0.25, -0.2) is 9.97 Å². The summed E-state index contributed by atoms with van der Waals surface area (Å²) in [5.41, 5.74) is 4.11. The molecule has 1 aliphatic rings. The van der Waals surface area contributed by atoms with Crippen LogP contribution in [0.3, 0.4) is 0 Å². The van der Waals surface area contributed by atoms with E-state index in [0.29, 0.717) is 30.1 Å². The molecule has 1 atom stereocenters. The molecule has 4 heterocycles. The number of pyridine rings is 1. The Morgan fingerprint density at radius 1 is 1.16 bits per heavy atom. The van der Waals surface area contributed by atoms with Crippen molar-refractivity contribution in [2.75, 3.05) is 13.2 Å². The number of aryl methyl sites for hydroxylation is 1. The Kier molecular flexibility index (Phi) is 5.68. The van der Waals surface area contributed by atoms with E-state index in [1.165, 1.54) is 11.1 Å². The molecule has 0 bridgehead atoms. The molecule has 8 nitrogen and oxygen atoms in total. The Bertz CT molecular complexity index is 1190. The van der Waals surface area contributed by atoms with Crippen molar-refractivity contribution in [3.05, 3.63) is 66.0 Å². The van der Waals surface area contributed by atoms with Gasteiger partial charge in [-0.1, -0.05) is 22.9 Å². The molecule has 8 heteroatoms. The summed E-state index contributed by atoms with van der Waals surface area (Å²) in [5, 5.41) is 4.23. The van der Waals surface area contributed by atoms with E-state index in [1.54, 1.807) is 18.7 Å². The Morgan fingerprint density at radius 3 is 2.94 bits per heavy atom. The van der Waals surface area contributed by atoms with Crippen LogP contribution >= 0.6 is 0 Å². The van der Waals surface area contributed by atoms with Crippen LogP contribution in [0.25, 0.3) is 22.8 Å². The lowest BCUT2D eigenvalue weighted by atomic mass is 10.0. The number of hydrogen-bond donors (Lipinski definition) is 0. The second kappa shape index (κ2) is 8.92. The number of likely N-dealkylation sites (tertiary alicyclic amines) is 1. The average molecular weight is 431 g/mol. The van der Waals surface area contributed by atoms with Crippen LogP contribution < -0.4 is 4.74 Å². The van der Waals surface area contributed by atoms with E-state index < -0.39 is 0 Å². The van der Waals surface area contributed by atoms with Crippen LogP contribution in [0.15, 0.2) is 57.9 Å². The van der Waals surface area contributed by atoms with Gasteiger partial charge in [-0.2, -0.15) is 4.98 Å². The summed E-state index contributed by atoms with van der Waals surface area (Å²) in [6.07, 6.45) is 7.01. The molecule has 0 saturated carbocycles. The molecular formula is C24H25N5O3. The molecule has 32 heavy (non-hydrogen) atoms. The molecular weight excluding hydrogens is 406 g/mol. The smallest absolute Gasteiger partial charge is 0.244 e. The van der Waals surface area contributed by atoms with Crippen LogP contribution in [0.5, 0.6) is 5.88 Å². The van der Waals surface area contributed by atoms with E-state index in [4.69, 9.17) is 18.7 Å². The summed E-state index contributed by atoms with van der Waals surface area (Å²) < 4.78 is 16.9. The van der Waals surface area contributed by atoms with Gasteiger partial charge in [-0.05, 0) is 57.0 Å².